The van der Waals surface area contributed by atoms with Gasteiger partial charge in [-0.25, -0.2) is 4.79 Å². The molecule has 1 atom stereocenters. The second-order valence-corrected chi connectivity index (χ2v) is 5.88. The van der Waals surface area contributed by atoms with E-state index in [1.54, 1.807) is 23.2 Å². The van der Waals surface area contributed by atoms with Gasteiger partial charge in [-0.1, -0.05) is 6.07 Å². The quantitative estimate of drug-likeness (QED) is 0.946. The van der Waals surface area contributed by atoms with Gasteiger partial charge in [0.25, 0.3) is 5.91 Å². The Morgan fingerprint density at radius 3 is 2.74 bits per heavy atom. The minimum Gasteiger partial charge on any atom is -0.478 e. The second kappa shape index (κ2) is 6.20. The van der Waals surface area contributed by atoms with Crippen LogP contribution in [0.25, 0.3) is 0 Å². The maximum absolute atomic E-state index is 12.6. The van der Waals surface area contributed by atoms with Gasteiger partial charge in [-0.05, 0) is 49.2 Å². The molecule has 1 aliphatic heterocycles. The summed E-state index contributed by atoms with van der Waals surface area (Å²) in [6.07, 6.45) is 2.67. The number of hydrogen-bond acceptors (Lipinski definition) is 3. The first kappa shape index (κ1) is 15.2. The molecule has 1 aromatic heterocycles. The normalized spacial score (nSPS) is 17.3. The van der Waals surface area contributed by atoms with Crippen molar-refractivity contribution >= 4 is 11.9 Å². The number of carboxylic acid groups (broad SMARTS) is 1. The number of benzene rings is 1. The van der Waals surface area contributed by atoms with E-state index < -0.39 is 5.97 Å². The summed E-state index contributed by atoms with van der Waals surface area (Å²) in [5, 5.41) is 9.04. The third-order valence-electron chi connectivity index (χ3n) is 4.19. The van der Waals surface area contributed by atoms with Crippen molar-refractivity contribution in [3.05, 3.63) is 65.0 Å². The van der Waals surface area contributed by atoms with Crippen LogP contribution in [0.4, 0.5) is 0 Å². The summed E-state index contributed by atoms with van der Waals surface area (Å²) < 4.78 is 0. The Morgan fingerprint density at radius 2 is 2.00 bits per heavy atom. The molecule has 1 saturated heterocycles. The summed E-state index contributed by atoms with van der Waals surface area (Å²) in [6.45, 7) is 3.31. The molecule has 2 heterocycles. The van der Waals surface area contributed by atoms with Crippen molar-refractivity contribution in [1.29, 1.82) is 0 Å². The lowest BCUT2D eigenvalue weighted by Crippen LogP contribution is -2.28. The van der Waals surface area contributed by atoms with E-state index in [4.69, 9.17) is 5.11 Å². The fourth-order valence-electron chi connectivity index (χ4n) is 2.94. The molecule has 1 unspecified atom stereocenters. The van der Waals surface area contributed by atoms with Crippen LogP contribution in [0.3, 0.4) is 0 Å². The molecular formula is C18H18N2O3. The van der Waals surface area contributed by atoms with E-state index in [0.717, 1.165) is 17.7 Å². The molecule has 118 valence electrons. The fraction of sp³-hybridized carbons (Fsp3) is 0.278. The van der Waals surface area contributed by atoms with Crippen molar-refractivity contribution in [2.24, 2.45) is 0 Å². The lowest BCUT2D eigenvalue weighted by Gasteiger charge is -2.17. The molecule has 23 heavy (non-hydrogen) atoms. The number of likely N-dealkylation sites (tertiary alicyclic amines) is 1. The van der Waals surface area contributed by atoms with Crippen LogP contribution in [0.5, 0.6) is 0 Å². The zero-order valence-corrected chi connectivity index (χ0v) is 12.9. The summed E-state index contributed by atoms with van der Waals surface area (Å²) in [5.41, 5.74) is 2.73. The molecule has 0 saturated carbocycles. The maximum atomic E-state index is 12.6. The molecule has 1 amide bonds. The van der Waals surface area contributed by atoms with E-state index in [0.29, 0.717) is 18.7 Å². The van der Waals surface area contributed by atoms with Gasteiger partial charge < -0.3 is 10.0 Å². The minimum atomic E-state index is -1.03. The number of aryl methyl sites for hydroxylation is 1. The number of nitrogens with zero attached hydrogens (tertiary/aromatic N) is 2. The van der Waals surface area contributed by atoms with Crippen LogP contribution in [-0.4, -0.2) is 40.0 Å². The van der Waals surface area contributed by atoms with Gasteiger partial charge >= 0.3 is 5.97 Å². The highest BCUT2D eigenvalue weighted by Crippen LogP contribution is 2.27. The van der Waals surface area contributed by atoms with Crippen LogP contribution in [0.2, 0.25) is 0 Å². The minimum absolute atomic E-state index is 0.122. The zero-order chi connectivity index (χ0) is 16.4. The predicted octanol–water partition coefficient (Wildman–Crippen LogP) is 2.72. The Labute approximate surface area is 134 Å². The Balaban J connectivity index is 1.75. The number of amides is 1. The molecule has 0 bridgehead atoms. The van der Waals surface area contributed by atoms with Crippen molar-refractivity contribution in [2.75, 3.05) is 13.1 Å². The summed E-state index contributed by atoms with van der Waals surface area (Å²) in [7, 11) is 0. The van der Waals surface area contributed by atoms with Gasteiger partial charge in [-0.15, -0.1) is 0 Å². The summed E-state index contributed by atoms with van der Waals surface area (Å²) in [6, 6.07) is 10.2. The Bertz CT molecular complexity index is 757. The number of rotatable bonds is 3. The fourth-order valence-corrected chi connectivity index (χ4v) is 2.94. The molecule has 0 radical (unpaired) electrons. The highest BCUT2D eigenvalue weighted by molar-refractivity contribution is 5.97. The van der Waals surface area contributed by atoms with Gasteiger partial charge in [0.1, 0.15) is 0 Å². The zero-order valence-electron chi connectivity index (χ0n) is 12.9. The first-order chi connectivity index (χ1) is 11.0. The average Bonchev–Trinajstić information content (AvgIpc) is 3.04. The largest absolute Gasteiger partial charge is 0.478 e. The lowest BCUT2D eigenvalue weighted by molar-refractivity contribution is 0.0697. The SMILES string of the molecule is Cc1ccnc(C2CCN(C(=O)c3cccc(C(=O)O)c3)C2)c1. The molecule has 0 spiro atoms. The number of hydrogen-bond donors (Lipinski definition) is 1. The van der Waals surface area contributed by atoms with Crippen LogP contribution in [0, 0.1) is 6.92 Å². The number of aromatic carboxylic acids is 1. The van der Waals surface area contributed by atoms with E-state index in [1.165, 1.54) is 12.1 Å². The van der Waals surface area contributed by atoms with E-state index in [-0.39, 0.29) is 17.4 Å². The number of carbonyl (C=O) groups excluding carboxylic acids is 1. The van der Waals surface area contributed by atoms with Crippen molar-refractivity contribution in [2.45, 2.75) is 19.3 Å². The van der Waals surface area contributed by atoms with Crippen LogP contribution in [0.1, 0.15) is 44.3 Å². The van der Waals surface area contributed by atoms with Crippen molar-refractivity contribution < 1.29 is 14.7 Å². The predicted molar refractivity (Wildman–Crippen MR) is 85.6 cm³/mol. The summed E-state index contributed by atoms with van der Waals surface area (Å²) in [5.74, 6) is -0.910. The standard InChI is InChI=1S/C18H18N2O3/c1-12-5-7-19-16(9-12)15-6-8-20(11-15)17(21)13-3-2-4-14(10-13)18(22)23/h2-5,7,9-10,15H,6,8,11H2,1H3,(H,22,23). The molecule has 1 aromatic carbocycles. The Hall–Kier alpha value is -2.69. The number of aromatic nitrogens is 1. The Kier molecular flexibility index (Phi) is 4.10. The van der Waals surface area contributed by atoms with Crippen LogP contribution in [0.15, 0.2) is 42.6 Å². The molecule has 1 aliphatic rings. The first-order valence-corrected chi connectivity index (χ1v) is 7.60. The molecule has 0 aliphatic carbocycles. The van der Waals surface area contributed by atoms with Crippen LogP contribution in [-0.2, 0) is 0 Å². The van der Waals surface area contributed by atoms with Crippen LogP contribution >= 0.6 is 0 Å². The van der Waals surface area contributed by atoms with Crippen LogP contribution < -0.4 is 0 Å². The lowest BCUT2D eigenvalue weighted by atomic mass is 10.0. The summed E-state index contributed by atoms with van der Waals surface area (Å²) in [4.78, 5) is 29.8. The maximum Gasteiger partial charge on any atom is 0.335 e. The van der Waals surface area contributed by atoms with Crippen molar-refractivity contribution in [3.8, 4) is 0 Å². The number of carboxylic acids is 1. The molecule has 5 nitrogen and oxygen atoms in total. The molecule has 3 rings (SSSR count). The van der Waals surface area contributed by atoms with Gasteiger partial charge in [0, 0.05) is 36.5 Å². The van der Waals surface area contributed by atoms with E-state index in [2.05, 4.69) is 11.1 Å². The average molecular weight is 310 g/mol. The molecule has 5 heteroatoms. The Morgan fingerprint density at radius 1 is 1.22 bits per heavy atom. The van der Waals surface area contributed by atoms with Gasteiger partial charge in [-0.3, -0.25) is 9.78 Å². The molecular weight excluding hydrogens is 292 g/mol. The third-order valence-corrected chi connectivity index (χ3v) is 4.19. The highest BCUT2D eigenvalue weighted by Gasteiger charge is 2.29. The highest BCUT2D eigenvalue weighted by atomic mass is 16.4. The smallest absolute Gasteiger partial charge is 0.335 e. The monoisotopic (exact) mass is 310 g/mol. The third kappa shape index (κ3) is 3.23. The van der Waals surface area contributed by atoms with E-state index >= 15 is 0 Å². The number of pyridine rings is 1. The van der Waals surface area contributed by atoms with Crippen molar-refractivity contribution in [3.63, 3.8) is 0 Å². The topological polar surface area (TPSA) is 70.5 Å². The molecule has 1 fully saturated rings. The van der Waals surface area contributed by atoms with Gasteiger partial charge in [0.15, 0.2) is 0 Å². The first-order valence-electron chi connectivity index (χ1n) is 7.60. The number of carbonyl (C=O) groups is 2. The van der Waals surface area contributed by atoms with Crippen molar-refractivity contribution in [1.82, 2.24) is 9.88 Å². The van der Waals surface area contributed by atoms with Gasteiger partial charge in [0.05, 0.1) is 5.56 Å². The second-order valence-electron chi connectivity index (χ2n) is 5.88. The van der Waals surface area contributed by atoms with Gasteiger partial charge in [0.2, 0.25) is 0 Å². The molecule has 2 aromatic rings. The van der Waals surface area contributed by atoms with E-state index in [9.17, 15) is 9.59 Å². The summed E-state index contributed by atoms with van der Waals surface area (Å²) >= 11 is 0. The van der Waals surface area contributed by atoms with Gasteiger partial charge in [-0.2, -0.15) is 0 Å². The van der Waals surface area contributed by atoms with E-state index in [1.807, 2.05) is 13.0 Å². The molecule has 1 N–H and O–H groups in total.